The van der Waals surface area contributed by atoms with Gasteiger partial charge < -0.3 is 14.7 Å². The zero-order valence-corrected chi connectivity index (χ0v) is 25.7. The Hall–Kier alpha value is -3.96. The molecule has 12 heteroatoms. The minimum absolute atomic E-state index is 0.0744. The van der Waals surface area contributed by atoms with Crippen LogP contribution in [0.1, 0.15) is 32.7 Å². The number of aryl methyl sites for hydroxylation is 1. The van der Waals surface area contributed by atoms with Crippen molar-refractivity contribution in [3.05, 3.63) is 106 Å². The molecule has 228 valence electrons. The van der Waals surface area contributed by atoms with E-state index >= 15 is 0 Å². The number of benzene rings is 4. The van der Waals surface area contributed by atoms with Crippen molar-refractivity contribution in [3.63, 3.8) is 0 Å². The zero-order chi connectivity index (χ0) is 31.4. The summed E-state index contributed by atoms with van der Waals surface area (Å²) in [6, 6.07) is 20.6. The van der Waals surface area contributed by atoms with Crippen LogP contribution in [0.4, 0.5) is 5.69 Å². The van der Waals surface area contributed by atoms with Crippen molar-refractivity contribution in [1.82, 2.24) is 4.90 Å². The third-order valence-corrected chi connectivity index (χ3v) is 9.51. The Kier molecular flexibility index (Phi) is 9.55. The maximum Gasteiger partial charge on any atom is 0.324 e. The molecular formula is C32H28Cl2N2O7S. The van der Waals surface area contributed by atoms with Crippen LogP contribution in [0.3, 0.4) is 0 Å². The van der Waals surface area contributed by atoms with Crippen molar-refractivity contribution in [2.45, 2.75) is 17.7 Å². The number of halogens is 2. The van der Waals surface area contributed by atoms with Gasteiger partial charge in [-0.1, -0.05) is 71.7 Å². The molecule has 4 aromatic carbocycles. The van der Waals surface area contributed by atoms with Gasteiger partial charge >= 0.3 is 5.97 Å². The van der Waals surface area contributed by atoms with Gasteiger partial charge in [-0.3, -0.25) is 18.7 Å². The summed E-state index contributed by atoms with van der Waals surface area (Å²) in [6.45, 7) is 1.09. The SMILES string of the molecule is O=C(O)CN(c1cccc2c(C(=O)CCc3ccccc3C(=O)N3CCOCC3)cccc12)S(=O)(=O)c1cc(Cl)cc(Cl)c1. The number of carbonyl (C=O) groups is 3. The number of sulfonamides is 1. The standard InChI is InChI=1S/C32H28Cl2N2O7S/c33-22-17-23(34)19-24(18-22)44(41,42)36(20-31(38)39)29-10-4-7-26-27(29)8-3-9-28(26)30(37)12-11-21-5-1-2-6-25(21)32(40)35-13-15-43-16-14-35/h1-10,17-19H,11-16,20H2,(H,38,39). The fourth-order valence-electron chi connectivity index (χ4n) is 5.25. The van der Waals surface area contributed by atoms with Crippen LogP contribution in [0.15, 0.2) is 83.8 Å². The summed E-state index contributed by atoms with van der Waals surface area (Å²) < 4.78 is 33.6. The number of ketones is 1. The van der Waals surface area contributed by atoms with E-state index in [9.17, 15) is 27.9 Å². The second kappa shape index (κ2) is 13.4. The first kappa shape index (κ1) is 31.5. The number of carbonyl (C=O) groups excluding carboxylic acids is 2. The van der Waals surface area contributed by atoms with Crippen LogP contribution in [-0.4, -0.2) is 68.9 Å². The minimum Gasteiger partial charge on any atom is -0.480 e. The van der Waals surface area contributed by atoms with Crippen LogP contribution in [0, 0.1) is 0 Å². The number of morpholine rings is 1. The third-order valence-electron chi connectivity index (χ3n) is 7.34. The van der Waals surface area contributed by atoms with E-state index in [1.807, 2.05) is 12.1 Å². The van der Waals surface area contributed by atoms with E-state index in [0.29, 0.717) is 54.6 Å². The van der Waals surface area contributed by atoms with Gasteiger partial charge in [0.2, 0.25) is 0 Å². The number of hydrogen-bond acceptors (Lipinski definition) is 6. The molecule has 0 aromatic heterocycles. The highest BCUT2D eigenvalue weighted by Crippen LogP contribution is 2.34. The number of carboxylic acids is 1. The number of anilines is 1. The zero-order valence-electron chi connectivity index (χ0n) is 23.4. The van der Waals surface area contributed by atoms with Gasteiger partial charge in [0.15, 0.2) is 5.78 Å². The van der Waals surface area contributed by atoms with Crippen molar-refractivity contribution in [1.29, 1.82) is 0 Å². The molecule has 4 aromatic rings. The number of ether oxygens (including phenoxy) is 1. The van der Waals surface area contributed by atoms with Crippen LogP contribution in [0.5, 0.6) is 0 Å². The summed E-state index contributed by atoms with van der Waals surface area (Å²) in [7, 11) is -4.43. The van der Waals surface area contributed by atoms with Gasteiger partial charge in [0, 0.05) is 46.1 Å². The maximum atomic E-state index is 13.7. The molecule has 0 unspecified atom stereocenters. The lowest BCUT2D eigenvalue weighted by molar-refractivity contribution is -0.135. The molecule has 0 bridgehead atoms. The molecule has 44 heavy (non-hydrogen) atoms. The van der Waals surface area contributed by atoms with E-state index in [-0.39, 0.29) is 38.7 Å². The van der Waals surface area contributed by atoms with Crippen LogP contribution < -0.4 is 4.31 Å². The highest BCUT2D eigenvalue weighted by molar-refractivity contribution is 7.93. The Morgan fingerprint density at radius 2 is 1.48 bits per heavy atom. The lowest BCUT2D eigenvalue weighted by atomic mass is 9.95. The molecule has 1 amide bonds. The maximum absolute atomic E-state index is 13.7. The number of nitrogens with zero attached hydrogens (tertiary/aromatic N) is 2. The first-order valence-corrected chi connectivity index (χ1v) is 16.0. The second-order valence-corrected chi connectivity index (χ2v) is 12.9. The Bertz CT molecular complexity index is 1840. The van der Waals surface area contributed by atoms with Crippen LogP contribution in [-0.2, 0) is 26.0 Å². The first-order chi connectivity index (χ1) is 21.1. The molecule has 0 radical (unpaired) electrons. The van der Waals surface area contributed by atoms with Gasteiger partial charge in [-0.05, 0) is 47.7 Å². The van der Waals surface area contributed by atoms with Crippen molar-refractivity contribution in [2.75, 3.05) is 37.2 Å². The molecule has 0 aliphatic carbocycles. The molecule has 0 saturated carbocycles. The normalized spacial score (nSPS) is 13.5. The number of Topliss-reactive ketones (excluding diaryl/α,β-unsaturated/α-hetero) is 1. The van der Waals surface area contributed by atoms with Crippen LogP contribution in [0.25, 0.3) is 10.8 Å². The van der Waals surface area contributed by atoms with E-state index < -0.39 is 22.5 Å². The average molecular weight is 656 g/mol. The topological polar surface area (TPSA) is 121 Å². The first-order valence-electron chi connectivity index (χ1n) is 13.8. The van der Waals surface area contributed by atoms with Crippen molar-refractivity contribution < 1.29 is 32.6 Å². The molecule has 1 N–H and O–H groups in total. The summed E-state index contributed by atoms with van der Waals surface area (Å²) in [5, 5.41) is 10.6. The quantitative estimate of drug-likeness (QED) is 0.217. The highest BCUT2D eigenvalue weighted by atomic mass is 35.5. The van der Waals surface area contributed by atoms with Crippen molar-refractivity contribution in [2.24, 2.45) is 0 Å². The monoisotopic (exact) mass is 654 g/mol. The average Bonchev–Trinajstić information content (AvgIpc) is 3.01. The summed E-state index contributed by atoms with van der Waals surface area (Å²) >= 11 is 12.1. The predicted octanol–water partition coefficient (Wildman–Crippen LogP) is 5.71. The smallest absolute Gasteiger partial charge is 0.324 e. The number of aliphatic carboxylic acids is 1. The molecular weight excluding hydrogens is 627 g/mol. The Morgan fingerprint density at radius 3 is 2.18 bits per heavy atom. The number of amides is 1. The summed E-state index contributed by atoms with van der Waals surface area (Å²) in [5.74, 6) is -1.70. The Balaban J connectivity index is 1.47. The fourth-order valence-corrected chi connectivity index (χ4v) is 7.41. The number of rotatable bonds is 10. The van der Waals surface area contributed by atoms with E-state index in [1.54, 1.807) is 47.4 Å². The molecule has 1 fully saturated rings. The highest BCUT2D eigenvalue weighted by Gasteiger charge is 2.30. The van der Waals surface area contributed by atoms with Gasteiger partial charge in [0.1, 0.15) is 6.54 Å². The molecule has 0 spiro atoms. The fraction of sp³-hybridized carbons (Fsp3) is 0.219. The number of hydrogen-bond donors (Lipinski definition) is 1. The van der Waals surface area contributed by atoms with Crippen LogP contribution >= 0.6 is 23.2 Å². The summed E-state index contributed by atoms with van der Waals surface area (Å²) in [5.41, 5.74) is 1.71. The molecule has 9 nitrogen and oxygen atoms in total. The molecule has 1 aliphatic heterocycles. The van der Waals surface area contributed by atoms with Gasteiger partial charge in [-0.15, -0.1) is 0 Å². The van der Waals surface area contributed by atoms with Gasteiger partial charge in [-0.2, -0.15) is 0 Å². The number of carboxylic acid groups (broad SMARTS) is 1. The lowest BCUT2D eigenvalue weighted by Crippen LogP contribution is -2.41. The molecule has 0 atom stereocenters. The summed E-state index contributed by atoms with van der Waals surface area (Å²) in [6.07, 6.45) is 0.408. The van der Waals surface area contributed by atoms with Gasteiger partial charge in [0.05, 0.1) is 23.8 Å². The molecule has 1 aliphatic rings. The largest absolute Gasteiger partial charge is 0.480 e. The molecule has 1 heterocycles. The van der Waals surface area contributed by atoms with E-state index in [4.69, 9.17) is 27.9 Å². The molecule has 5 rings (SSSR count). The minimum atomic E-state index is -4.43. The second-order valence-electron chi connectivity index (χ2n) is 10.2. The Labute approximate surface area is 264 Å². The lowest BCUT2D eigenvalue weighted by Gasteiger charge is -2.27. The third kappa shape index (κ3) is 6.73. The van der Waals surface area contributed by atoms with Crippen molar-refractivity contribution >= 4 is 67.3 Å². The molecule has 1 saturated heterocycles. The van der Waals surface area contributed by atoms with Crippen LogP contribution in [0.2, 0.25) is 10.0 Å². The number of fused-ring (bicyclic) bond motifs is 1. The Morgan fingerprint density at radius 1 is 0.841 bits per heavy atom. The van der Waals surface area contributed by atoms with E-state index in [1.165, 1.54) is 24.3 Å². The van der Waals surface area contributed by atoms with Gasteiger partial charge in [-0.25, -0.2) is 8.42 Å². The van der Waals surface area contributed by atoms with E-state index in [2.05, 4.69) is 0 Å². The van der Waals surface area contributed by atoms with Crippen molar-refractivity contribution in [3.8, 4) is 0 Å². The van der Waals surface area contributed by atoms with Gasteiger partial charge in [0.25, 0.3) is 15.9 Å². The predicted molar refractivity (Wildman–Crippen MR) is 168 cm³/mol. The summed E-state index contributed by atoms with van der Waals surface area (Å²) in [4.78, 5) is 40.1. The van der Waals surface area contributed by atoms with E-state index in [0.717, 1.165) is 9.87 Å².